The van der Waals surface area contributed by atoms with Crippen molar-refractivity contribution in [3.05, 3.63) is 53.9 Å². The van der Waals surface area contributed by atoms with Crippen molar-refractivity contribution in [3.8, 4) is 11.1 Å². The molecular weight excluding hydrogens is 350 g/mol. The van der Waals surface area contributed by atoms with Crippen molar-refractivity contribution in [3.63, 3.8) is 0 Å². The molecule has 1 fully saturated rings. The van der Waals surface area contributed by atoms with Crippen molar-refractivity contribution in [2.45, 2.75) is 45.6 Å². The summed E-state index contributed by atoms with van der Waals surface area (Å²) >= 11 is 0. The van der Waals surface area contributed by atoms with Gasteiger partial charge in [-0.2, -0.15) is 0 Å². The molecule has 1 aliphatic heterocycles. The normalized spacial score (nSPS) is 16.6. The fourth-order valence-corrected chi connectivity index (χ4v) is 3.89. The Labute approximate surface area is 165 Å². The number of amides is 2. The second kappa shape index (κ2) is 8.05. The van der Waals surface area contributed by atoms with Gasteiger partial charge in [-0.1, -0.05) is 43.7 Å². The average Bonchev–Trinajstić information content (AvgIpc) is 3.34. The molecule has 0 radical (unpaired) electrons. The number of aromatic nitrogens is 1. The standard InChI is InChI=1S/C23H27N3O2/c1-3-4-13-24-23(27)26-14-7-10-20(26)22-25-19-15-17(11-12-21(19)28-22)18-9-6-5-8-16(18)2/h5-6,8-9,11-12,15,20H,3-4,7,10,13-14H2,1-2H3,(H,24,27)/t20-/m0/s1. The van der Waals surface area contributed by atoms with Crippen molar-refractivity contribution >= 4 is 17.1 Å². The highest BCUT2D eigenvalue weighted by Crippen LogP contribution is 2.34. The molecule has 0 spiro atoms. The monoisotopic (exact) mass is 377 g/mol. The number of oxazole rings is 1. The minimum Gasteiger partial charge on any atom is -0.438 e. The Morgan fingerprint density at radius 3 is 2.96 bits per heavy atom. The molecule has 0 unspecified atom stereocenters. The van der Waals surface area contributed by atoms with Crippen LogP contribution in [-0.4, -0.2) is 29.0 Å². The lowest BCUT2D eigenvalue weighted by molar-refractivity contribution is 0.185. The van der Waals surface area contributed by atoms with Gasteiger partial charge in [0.2, 0.25) is 5.89 Å². The van der Waals surface area contributed by atoms with E-state index < -0.39 is 0 Å². The zero-order valence-electron chi connectivity index (χ0n) is 16.6. The Bertz CT molecular complexity index is 979. The molecule has 5 nitrogen and oxygen atoms in total. The predicted molar refractivity (Wildman–Crippen MR) is 111 cm³/mol. The maximum absolute atomic E-state index is 12.5. The third-order valence-corrected chi connectivity index (χ3v) is 5.47. The fraction of sp³-hybridized carbons (Fsp3) is 0.391. The highest BCUT2D eigenvalue weighted by molar-refractivity contribution is 5.81. The van der Waals surface area contributed by atoms with Gasteiger partial charge < -0.3 is 14.6 Å². The van der Waals surface area contributed by atoms with Gasteiger partial charge in [0.15, 0.2) is 5.58 Å². The predicted octanol–water partition coefficient (Wildman–Crippen LogP) is 5.45. The number of hydrogen-bond donors (Lipinski definition) is 1. The van der Waals surface area contributed by atoms with Crippen LogP contribution in [0.3, 0.4) is 0 Å². The van der Waals surface area contributed by atoms with E-state index >= 15 is 0 Å². The average molecular weight is 377 g/mol. The Hall–Kier alpha value is -2.82. The van der Waals surface area contributed by atoms with E-state index in [1.165, 1.54) is 11.1 Å². The lowest BCUT2D eigenvalue weighted by Gasteiger charge is -2.22. The van der Waals surface area contributed by atoms with Gasteiger partial charge in [0, 0.05) is 13.1 Å². The fourth-order valence-electron chi connectivity index (χ4n) is 3.89. The summed E-state index contributed by atoms with van der Waals surface area (Å²) in [6.45, 7) is 5.69. The van der Waals surface area contributed by atoms with Crippen LogP contribution in [0.2, 0.25) is 0 Å². The number of carbonyl (C=O) groups excluding carboxylic acids is 1. The Morgan fingerprint density at radius 1 is 1.29 bits per heavy atom. The maximum atomic E-state index is 12.5. The first-order valence-electron chi connectivity index (χ1n) is 10.2. The second-order valence-electron chi connectivity index (χ2n) is 7.49. The molecule has 28 heavy (non-hydrogen) atoms. The van der Waals surface area contributed by atoms with E-state index in [4.69, 9.17) is 9.40 Å². The van der Waals surface area contributed by atoms with Crippen LogP contribution in [0, 0.1) is 6.92 Å². The van der Waals surface area contributed by atoms with E-state index in [0.717, 1.165) is 48.9 Å². The number of benzene rings is 2. The zero-order chi connectivity index (χ0) is 19.5. The number of aryl methyl sites for hydroxylation is 1. The van der Waals surface area contributed by atoms with E-state index in [-0.39, 0.29) is 12.1 Å². The number of carbonyl (C=O) groups is 1. The molecule has 2 amide bonds. The van der Waals surface area contributed by atoms with Crippen molar-refractivity contribution in [1.29, 1.82) is 0 Å². The first-order valence-corrected chi connectivity index (χ1v) is 10.2. The molecule has 2 heterocycles. The van der Waals surface area contributed by atoms with Crippen LogP contribution in [0.25, 0.3) is 22.2 Å². The molecule has 146 valence electrons. The van der Waals surface area contributed by atoms with Gasteiger partial charge >= 0.3 is 6.03 Å². The first kappa shape index (κ1) is 18.5. The molecule has 0 bridgehead atoms. The van der Waals surface area contributed by atoms with E-state index in [9.17, 15) is 4.79 Å². The number of hydrogen-bond acceptors (Lipinski definition) is 3. The van der Waals surface area contributed by atoms with E-state index in [2.05, 4.69) is 43.4 Å². The summed E-state index contributed by atoms with van der Waals surface area (Å²) in [5.41, 5.74) is 5.17. The summed E-state index contributed by atoms with van der Waals surface area (Å²) < 4.78 is 6.05. The molecule has 5 heteroatoms. The largest absolute Gasteiger partial charge is 0.438 e. The highest BCUT2D eigenvalue weighted by atomic mass is 16.4. The van der Waals surface area contributed by atoms with Gasteiger partial charge in [-0.25, -0.2) is 9.78 Å². The minimum absolute atomic E-state index is 0.0150. The smallest absolute Gasteiger partial charge is 0.318 e. The second-order valence-corrected chi connectivity index (χ2v) is 7.49. The molecule has 1 aliphatic rings. The summed E-state index contributed by atoms with van der Waals surface area (Å²) in [4.78, 5) is 19.2. The van der Waals surface area contributed by atoms with E-state index in [1.807, 2.05) is 23.1 Å². The summed E-state index contributed by atoms with van der Waals surface area (Å²) in [7, 11) is 0. The van der Waals surface area contributed by atoms with Crippen molar-refractivity contribution in [1.82, 2.24) is 15.2 Å². The van der Waals surface area contributed by atoms with Gasteiger partial charge in [0.1, 0.15) is 11.6 Å². The van der Waals surface area contributed by atoms with E-state index in [1.54, 1.807) is 0 Å². The third-order valence-electron chi connectivity index (χ3n) is 5.47. The Morgan fingerprint density at radius 2 is 2.14 bits per heavy atom. The van der Waals surface area contributed by atoms with Gasteiger partial charge in [-0.3, -0.25) is 0 Å². The van der Waals surface area contributed by atoms with Crippen LogP contribution < -0.4 is 5.32 Å². The van der Waals surface area contributed by atoms with Crippen molar-refractivity contribution in [2.75, 3.05) is 13.1 Å². The number of nitrogens with zero attached hydrogens (tertiary/aromatic N) is 2. The Kier molecular flexibility index (Phi) is 5.33. The van der Waals surface area contributed by atoms with Gasteiger partial charge in [-0.15, -0.1) is 0 Å². The lowest BCUT2D eigenvalue weighted by atomic mass is 10.0. The molecule has 0 saturated carbocycles. The van der Waals surface area contributed by atoms with Gasteiger partial charge in [0.25, 0.3) is 0 Å². The molecule has 1 atom stereocenters. The zero-order valence-corrected chi connectivity index (χ0v) is 16.6. The van der Waals surface area contributed by atoms with Crippen LogP contribution >= 0.6 is 0 Å². The third kappa shape index (κ3) is 3.61. The maximum Gasteiger partial charge on any atom is 0.318 e. The molecule has 1 aromatic heterocycles. The number of nitrogens with one attached hydrogen (secondary N) is 1. The van der Waals surface area contributed by atoms with Crippen LogP contribution in [0.15, 0.2) is 46.9 Å². The summed E-state index contributed by atoms with van der Waals surface area (Å²) in [5, 5.41) is 3.01. The first-order chi connectivity index (χ1) is 13.7. The Balaban J connectivity index is 1.59. The van der Waals surface area contributed by atoms with Crippen molar-refractivity contribution in [2.24, 2.45) is 0 Å². The molecular formula is C23H27N3O2. The summed E-state index contributed by atoms with van der Waals surface area (Å²) in [5.74, 6) is 0.639. The summed E-state index contributed by atoms with van der Waals surface area (Å²) in [6, 6.07) is 14.4. The molecule has 3 aromatic rings. The van der Waals surface area contributed by atoms with Gasteiger partial charge in [0.05, 0.1) is 0 Å². The number of likely N-dealkylation sites (tertiary alicyclic amines) is 1. The highest BCUT2D eigenvalue weighted by Gasteiger charge is 2.33. The molecule has 2 aromatic carbocycles. The van der Waals surface area contributed by atoms with Crippen LogP contribution in [0.1, 0.15) is 50.1 Å². The molecule has 1 saturated heterocycles. The SMILES string of the molecule is CCCCNC(=O)N1CCC[C@H]1c1nc2cc(-c3ccccc3C)ccc2o1. The van der Waals surface area contributed by atoms with Crippen molar-refractivity contribution < 1.29 is 9.21 Å². The van der Waals surface area contributed by atoms with E-state index in [0.29, 0.717) is 12.4 Å². The minimum atomic E-state index is -0.0871. The topological polar surface area (TPSA) is 58.4 Å². The summed E-state index contributed by atoms with van der Waals surface area (Å²) in [6.07, 6.45) is 3.92. The number of unbranched alkanes of at least 4 members (excludes halogenated alkanes) is 1. The molecule has 0 aliphatic carbocycles. The number of rotatable bonds is 5. The van der Waals surface area contributed by atoms with Crippen LogP contribution in [-0.2, 0) is 0 Å². The quantitative estimate of drug-likeness (QED) is 0.602. The molecule has 4 rings (SSSR count). The number of fused-ring (bicyclic) bond motifs is 1. The van der Waals surface area contributed by atoms with Gasteiger partial charge in [-0.05, 0) is 55.0 Å². The van der Waals surface area contributed by atoms with Crippen LogP contribution in [0.5, 0.6) is 0 Å². The van der Waals surface area contributed by atoms with Crippen LogP contribution in [0.4, 0.5) is 4.79 Å². The molecule has 1 N–H and O–H groups in total. The number of urea groups is 1. The lowest BCUT2D eigenvalue weighted by Crippen LogP contribution is -2.39.